The molecule has 4 rings (SSSR count). The molecule has 1 amide bonds. The summed E-state index contributed by atoms with van der Waals surface area (Å²) in [4.78, 5) is 19.5. The van der Waals surface area contributed by atoms with E-state index >= 15 is 0 Å². The molecule has 6 heteroatoms. The first-order valence-electron chi connectivity index (χ1n) is 9.81. The third-order valence-corrected chi connectivity index (χ3v) is 5.41. The molecule has 0 spiro atoms. The fraction of sp³-hybridized carbons (Fsp3) is 0.600. The minimum atomic E-state index is -0.367. The average molecular weight is 356 g/mol. The van der Waals surface area contributed by atoms with Crippen LogP contribution in [0.4, 0.5) is 0 Å². The van der Waals surface area contributed by atoms with Gasteiger partial charge < -0.3 is 14.6 Å². The van der Waals surface area contributed by atoms with Gasteiger partial charge in [0.2, 0.25) is 0 Å². The van der Waals surface area contributed by atoms with Gasteiger partial charge in [-0.3, -0.25) is 9.69 Å². The Morgan fingerprint density at radius 2 is 2.19 bits per heavy atom. The lowest BCUT2D eigenvalue weighted by molar-refractivity contribution is -0.138. The molecule has 1 aliphatic heterocycles. The van der Waals surface area contributed by atoms with Gasteiger partial charge >= 0.3 is 0 Å². The third-order valence-electron chi connectivity index (χ3n) is 5.41. The molecule has 1 N–H and O–H groups in total. The third kappa shape index (κ3) is 3.48. The van der Waals surface area contributed by atoms with Crippen LogP contribution in [0.2, 0.25) is 0 Å². The lowest BCUT2D eigenvalue weighted by Gasteiger charge is -2.31. The van der Waals surface area contributed by atoms with E-state index in [1.54, 1.807) is 0 Å². The highest BCUT2D eigenvalue weighted by Gasteiger charge is 2.28. The standard InChI is InChI=1S/C20H28N4O2/c1-3-19-22-16-11-14(5-8-17(16)24(19)15-6-7-15)12-21-20(25)18-13-23(4-2)9-10-26-18/h5,8,11,15,18H,3-4,6-7,9-10,12-13H2,1-2H3,(H,21,25). The lowest BCUT2D eigenvalue weighted by atomic mass is 10.2. The van der Waals surface area contributed by atoms with Crippen molar-refractivity contribution in [3.8, 4) is 0 Å². The number of ether oxygens (including phenoxy) is 1. The second-order valence-corrected chi connectivity index (χ2v) is 7.28. The number of fused-ring (bicyclic) bond motifs is 1. The van der Waals surface area contributed by atoms with Crippen molar-refractivity contribution in [2.45, 2.75) is 51.8 Å². The quantitative estimate of drug-likeness (QED) is 0.863. The first-order valence-corrected chi connectivity index (χ1v) is 9.81. The summed E-state index contributed by atoms with van der Waals surface area (Å²) in [6.07, 6.45) is 3.09. The van der Waals surface area contributed by atoms with Gasteiger partial charge in [-0.25, -0.2) is 4.98 Å². The first-order chi connectivity index (χ1) is 12.7. The highest BCUT2D eigenvalue weighted by atomic mass is 16.5. The van der Waals surface area contributed by atoms with Gasteiger partial charge in [-0.05, 0) is 37.1 Å². The number of benzene rings is 1. The van der Waals surface area contributed by atoms with Gasteiger partial charge in [-0.2, -0.15) is 0 Å². The molecular formula is C20H28N4O2. The number of aromatic nitrogens is 2. The van der Waals surface area contributed by atoms with E-state index in [2.05, 4.69) is 46.8 Å². The van der Waals surface area contributed by atoms with Gasteiger partial charge in [0.25, 0.3) is 5.91 Å². The van der Waals surface area contributed by atoms with Crippen molar-refractivity contribution in [3.05, 3.63) is 29.6 Å². The zero-order valence-corrected chi connectivity index (χ0v) is 15.7. The maximum Gasteiger partial charge on any atom is 0.250 e. The molecule has 1 saturated carbocycles. The minimum absolute atomic E-state index is 0.0268. The van der Waals surface area contributed by atoms with Crippen LogP contribution in [0.5, 0.6) is 0 Å². The summed E-state index contributed by atoms with van der Waals surface area (Å²) in [5, 5.41) is 3.02. The van der Waals surface area contributed by atoms with Gasteiger partial charge in [0.15, 0.2) is 0 Å². The predicted molar refractivity (Wildman–Crippen MR) is 101 cm³/mol. The minimum Gasteiger partial charge on any atom is -0.366 e. The highest BCUT2D eigenvalue weighted by molar-refractivity contribution is 5.81. The summed E-state index contributed by atoms with van der Waals surface area (Å²) in [6.45, 7) is 7.93. The van der Waals surface area contributed by atoms with Gasteiger partial charge in [0.05, 0.1) is 17.6 Å². The molecule has 1 unspecified atom stereocenters. The van der Waals surface area contributed by atoms with E-state index in [0.717, 1.165) is 30.6 Å². The summed E-state index contributed by atoms with van der Waals surface area (Å²) in [5.74, 6) is 1.14. The SMILES string of the molecule is CCc1nc2cc(CNC(=O)C3CN(CC)CCO3)ccc2n1C1CC1. The fourth-order valence-corrected chi connectivity index (χ4v) is 3.75. The number of nitrogens with one attached hydrogen (secondary N) is 1. The molecule has 2 fully saturated rings. The Morgan fingerprint density at radius 1 is 1.35 bits per heavy atom. The average Bonchev–Trinajstić information content (AvgIpc) is 3.45. The molecule has 2 heterocycles. The number of likely N-dealkylation sites (N-methyl/N-ethyl adjacent to an activating group) is 1. The van der Waals surface area contributed by atoms with E-state index in [4.69, 9.17) is 9.72 Å². The van der Waals surface area contributed by atoms with Crippen molar-refractivity contribution in [2.75, 3.05) is 26.2 Å². The number of nitrogens with zero attached hydrogens (tertiary/aromatic N) is 3. The summed E-state index contributed by atoms with van der Waals surface area (Å²) >= 11 is 0. The predicted octanol–water partition coefficient (Wildman–Crippen LogP) is 2.27. The largest absolute Gasteiger partial charge is 0.366 e. The Labute approximate surface area is 154 Å². The van der Waals surface area contributed by atoms with Crippen molar-refractivity contribution in [1.29, 1.82) is 0 Å². The molecule has 1 aliphatic carbocycles. The molecule has 6 nitrogen and oxygen atoms in total. The summed E-state index contributed by atoms with van der Waals surface area (Å²) in [5.41, 5.74) is 3.33. The van der Waals surface area contributed by atoms with E-state index in [0.29, 0.717) is 25.7 Å². The molecule has 140 valence electrons. The molecule has 2 aromatic rings. The smallest absolute Gasteiger partial charge is 0.250 e. The second kappa shape index (κ2) is 7.37. The fourth-order valence-electron chi connectivity index (χ4n) is 3.75. The maximum atomic E-state index is 12.4. The molecule has 1 aromatic heterocycles. The van der Waals surface area contributed by atoms with E-state index < -0.39 is 0 Å². The molecule has 2 aliphatic rings. The number of morpholine rings is 1. The molecule has 1 aromatic carbocycles. The van der Waals surface area contributed by atoms with Crippen LogP contribution >= 0.6 is 0 Å². The van der Waals surface area contributed by atoms with Crippen molar-refractivity contribution in [3.63, 3.8) is 0 Å². The number of amides is 1. The first kappa shape index (κ1) is 17.5. The van der Waals surface area contributed by atoms with Crippen molar-refractivity contribution < 1.29 is 9.53 Å². The molecule has 26 heavy (non-hydrogen) atoms. The van der Waals surface area contributed by atoms with Crippen LogP contribution in [0.15, 0.2) is 18.2 Å². The van der Waals surface area contributed by atoms with Crippen molar-refractivity contribution >= 4 is 16.9 Å². The Bertz CT molecular complexity index is 796. The normalized spacial score (nSPS) is 21.2. The highest BCUT2D eigenvalue weighted by Crippen LogP contribution is 2.38. The Morgan fingerprint density at radius 3 is 2.92 bits per heavy atom. The topological polar surface area (TPSA) is 59.4 Å². The number of carbonyl (C=O) groups is 1. The van der Waals surface area contributed by atoms with Crippen LogP contribution in [0.25, 0.3) is 11.0 Å². The molecule has 0 radical (unpaired) electrons. The van der Waals surface area contributed by atoms with Crippen LogP contribution < -0.4 is 5.32 Å². The number of imidazole rings is 1. The molecular weight excluding hydrogens is 328 g/mol. The molecule has 0 bridgehead atoms. The number of rotatable bonds is 6. The number of carbonyl (C=O) groups excluding carboxylic acids is 1. The van der Waals surface area contributed by atoms with E-state index in [1.165, 1.54) is 24.2 Å². The monoisotopic (exact) mass is 356 g/mol. The van der Waals surface area contributed by atoms with Crippen LogP contribution in [0.3, 0.4) is 0 Å². The van der Waals surface area contributed by atoms with Crippen molar-refractivity contribution in [1.82, 2.24) is 19.8 Å². The van der Waals surface area contributed by atoms with E-state index in [9.17, 15) is 4.79 Å². The van der Waals surface area contributed by atoms with E-state index in [1.807, 2.05) is 0 Å². The number of hydrogen-bond donors (Lipinski definition) is 1. The van der Waals surface area contributed by atoms with Gasteiger partial charge in [-0.15, -0.1) is 0 Å². The van der Waals surface area contributed by atoms with Crippen LogP contribution in [0, 0.1) is 0 Å². The Balaban J connectivity index is 1.43. The summed E-state index contributed by atoms with van der Waals surface area (Å²) in [7, 11) is 0. The summed E-state index contributed by atoms with van der Waals surface area (Å²) < 4.78 is 8.02. The van der Waals surface area contributed by atoms with Crippen LogP contribution in [-0.4, -0.2) is 52.7 Å². The zero-order valence-electron chi connectivity index (χ0n) is 15.7. The van der Waals surface area contributed by atoms with Gasteiger partial charge in [0, 0.05) is 32.1 Å². The summed E-state index contributed by atoms with van der Waals surface area (Å²) in [6, 6.07) is 6.98. The zero-order chi connectivity index (χ0) is 18.1. The Kier molecular flexibility index (Phi) is 4.96. The van der Waals surface area contributed by atoms with Crippen LogP contribution in [0.1, 0.15) is 44.1 Å². The Hall–Kier alpha value is -1.92. The second-order valence-electron chi connectivity index (χ2n) is 7.28. The van der Waals surface area contributed by atoms with Gasteiger partial charge in [-0.1, -0.05) is 19.9 Å². The van der Waals surface area contributed by atoms with E-state index in [-0.39, 0.29) is 12.0 Å². The van der Waals surface area contributed by atoms with Crippen LogP contribution in [-0.2, 0) is 22.5 Å². The maximum absolute atomic E-state index is 12.4. The lowest BCUT2D eigenvalue weighted by Crippen LogP contribution is -2.49. The van der Waals surface area contributed by atoms with Crippen molar-refractivity contribution in [2.24, 2.45) is 0 Å². The van der Waals surface area contributed by atoms with Gasteiger partial charge in [0.1, 0.15) is 11.9 Å². The molecule has 1 atom stereocenters. The molecule has 1 saturated heterocycles. The number of hydrogen-bond acceptors (Lipinski definition) is 4. The number of aryl methyl sites for hydroxylation is 1.